The number of carbonyl (C=O) groups is 5. The van der Waals surface area contributed by atoms with Crippen molar-refractivity contribution in [1.29, 1.82) is 5.26 Å². The second-order valence-electron chi connectivity index (χ2n) is 5.62. The summed E-state index contributed by atoms with van der Waals surface area (Å²) < 4.78 is 0. The van der Waals surface area contributed by atoms with E-state index in [2.05, 4.69) is 26.3 Å². The normalized spacial score (nSPS) is 9.73. The lowest BCUT2D eigenvalue weighted by molar-refractivity contribution is -0.137. The first-order valence-electron chi connectivity index (χ1n) is 8.51. The molecule has 0 unspecified atom stereocenters. The zero-order valence-electron chi connectivity index (χ0n) is 16.0. The van der Waals surface area contributed by atoms with E-state index in [-0.39, 0.29) is 30.6 Å². The molecule has 1 heterocycles. The van der Waals surface area contributed by atoms with Crippen LogP contribution in [0.5, 0.6) is 0 Å². The Labute approximate surface area is 175 Å². The standard InChI is InChI=1S/C17H20N6O6S/c1-30-17-10(5-18)4-11(6-23-17)16(29)19-3-2-12(24)20-7-13(25)21-8-14(26)22-9-15(27)28/h4,6H,2-3,7-9H2,1H3,(H,19,29)(H,20,24)(H,21,25)(H,22,26)(H,27,28). The maximum atomic E-state index is 12.1. The number of carboxylic acids is 1. The fourth-order valence-electron chi connectivity index (χ4n) is 1.96. The van der Waals surface area contributed by atoms with E-state index in [1.54, 1.807) is 6.26 Å². The van der Waals surface area contributed by atoms with Crippen molar-refractivity contribution in [1.82, 2.24) is 26.3 Å². The molecule has 0 saturated heterocycles. The van der Waals surface area contributed by atoms with Gasteiger partial charge in [0.05, 0.1) is 24.2 Å². The Morgan fingerprint density at radius 2 is 1.63 bits per heavy atom. The fraction of sp³-hybridized carbons (Fsp3) is 0.353. The molecular weight excluding hydrogens is 416 g/mol. The number of hydrogen-bond acceptors (Lipinski definition) is 8. The van der Waals surface area contributed by atoms with Gasteiger partial charge in [0.25, 0.3) is 5.91 Å². The third-order valence-corrected chi connectivity index (χ3v) is 4.11. The molecule has 5 N–H and O–H groups in total. The third kappa shape index (κ3) is 9.02. The highest BCUT2D eigenvalue weighted by Gasteiger charge is 2.12. The molecule has 160 valence electrons. The summed E-state index contributed by atoms with van der Waals surface area (Å²) >= 11 is 1.28. The van der Waals surface area contributed by atoms with Gasteiger partial charge >= 0.3 is 5.97 Å². The van der Waals surface area contributed by atoms with Crippen LogP contribution >= 0.6 is 11.8 Å². The molecule has 0 aliphatic heterocycles. The minimum absolute atomic E-state index is 0.00392. The molecule has 0 aliphatic carbocycles. The van der Waals surface area contributed by atoms with E-state index >= 15 is 0 Å². The van der Waals surface area contributed by atoms with E-state index < -0.39 is 42.7 Å². The van der Waals surface area contributed by atoms with E-state index in [0.717, 1.165) is 0 Å². The van der Waals surface area contributed by atoms with Crippen LogP contribution in [0.4, 0.5) is 0 Å². The molecule has 0 aliphatic rings. The van der Waals surface area contributed by atoms with Crippen molar-refractivity contribution >= 4 is 41.4 Å². The van der Waals surface area contributed by atoms with Crippen molar-refractivity contribution < 1.29 is 29.1 Å². The van der Waals surface area contributed by atoms with Crippen molar-refractivity contribution in [3.05, 3.63) is 23.4 Å². The molecule has 1 rings (SSSR count). The Morgan fingerprint density at radius 1 is 1.03 bits per heavy atom. The quantitative estimate of drug-likeness (QED) is 0.250. The predicted octanol–water partition coefficient (Wildman–Crippen LogP) is -1.77. The topological polar surface area (TPSA) is 190 Å². The summed E-state index contributed by atoms with van der Waals surface area (Å²) in [5.41, 5.74) is 0.459. The van der Waals surface area contributed by atoms with E-state index in [9.17, 15) is 24.0 Å². The molecule has 0 bridgehead atoms. The van der Waals surface area contributed by atoms with Crippen molar-refractivity contribution in [3.63, 3.8) is 0 Å². The minimum Gasteiger partial charge on any atom is -0.480 e. The molecule has 0 radical (unpaired) electrons. The summed E-state index contributed by atoms with van der Waals surface area (Å²) in [6.07, 6.45) is 2.99. The summed E-state index contributed by atoms with van der Waals surface area (Å²) in [5, 5.41) is 27.1. The lowest BCUT2D eigenvalue weighted by Gasteiger charge is -2.08. The molecule has 30 heavy (non-hydrogen) atoms. The zero-order chi connectivity index (χ0) is 22.5. The van der Waals surface area contributed by atoms with E-state index in [1.165, 1.54) is 24.0 Å². The second kappa shape index (κ2) is 12.7. The Hall–Kier alpha value is -3.66. The number of thioether (sulfide) groups is 1. The van der Waals surface area contributed by atoms with Crippen LogP contribution < -0.4 is 21.3 Å². The zero-order valence-corrected chi connectivity index (χ0v) is 16.8. The van der Waals surface area contributed by atoms with Gasteiger partial charge < -0.3 is 26.4 Å². The summed E-state index contributed by atoms with van der Waals surface area (Å²) in [5.74, 6) is -3.53. The van der Waals surface area contributed by atoms with Gasteiger partial charge in [0, 0.05) is 19.2 Å². The van der Waals surface area contributed by atoms with Gasteiger partial charge in [-0.25, -0.2) is 4.98 Å². The van der Waals surface area contributed by atoms with Crippen LogP contribution in [-0.2, 0) is 19.2 Å². The molecule has 4 amide bonds. The van der Waals surface area contributed by atoms with Crippen LogP contribution in [-0.4, -0.2) is 72.1 Å². The highest BCUT2D eigenvalue weighted by atomic mass is 32.2. The van der Waals surface area contributed by atoms with Crippen LogP contribution in [0.2, 0.25) is 0 Å². The van der Waals surface area contributed by atoms with Gasteiger partial charge in [-0.05, 0) is 12.3 Å². The minimum atomic E-state index is -1.22. The Bertz CT molecular complexity index is 869. The maximum absolute atomic E-state index is 12.1. The molecule has 0 spiro atoms. The van der Waals surface area contributed by atoms with Crippen LogP contribution in [0.15, 0.2) is 17.3 Å². The first-order valence-corrected chi connectivity index (χ1v) is 9.73. The van der Waals surface area contributed by atoms with Gasteiger partial charge in [-0.1, -0.05) is 0 Å². The van der Waals surface area contributed by atoms with Gasteiger partial charge in [0.1, 0.15) is 17.6 Å². The highest BCUT2D eigenvalue weighted by molar-refractivity contribution is 7.98. The van der Waals surface area contributed by atoms with E-state index in [4.69, 9.17) is 10.4 Å². The Kier molecular flexibility index (Phi) is 10.3. The second-order valence-corrected chi connectivity index (χ2v) is 6.42. The van der Waals surface area contributed by atoms with Crippen LogP contribution in [0, 0.1) is 11.3 Å². The molecule has 0 atom stereocenters. The smallest absolute Gasteiger partial charge is 0.322 e. The summed E-state index contributed by atoms with van der Waals surface area (Å²) in [6.45, 7) is -1.38. The monoisotopic (exact) mass is 436 g/mol. The van der Waals surface area contributed by atoms with Gasteiger partial charge in [-0.15, -0.1) is 11.8 Å². The Balaban J connectivity index is 2.29. The number of aliphatic carboxylic acids is 1. The lowest BCUT2D eigenvalue weighted by atomic mass is 10.2. The van der Waals surface area contributed by atoms with Crippen molar-refractivity contribution in [3.8, 4) is 6.07 Å². The lowest BCUT2D eigenvalue weighted by Crippen LogP contribution is -2.43. The largest absolute Gasteiger partial charge is 0.480 e. The molecule has 13 heteroatoms. The van der Waals surface area contributed by atoms with Gasteiger partial charge in [-0.3, -0.25) is 24.0 Å². The molecule has 0 aromatic carbocycles. The number of hydrogen-bond donors (Lipinski definition) is 5. The third-order valence-electron chi connectivity index (χ3n) is 3.39. The summed E-state index contributed by atoms with van der Waals surface area (Å²) in [6, 6.07) is 3.36. The van der Waals surface area contributed by atoms with E-state index in [1.807, 2.05) is 6.07 Å². The fourth-order valence-corrected chi connectivity index (χ4v) is 2.44. The van der Waals surface area contributed by atoms with Crippen LogP contribution in [0.3, 0.4) is 0 Å². The van der Waals surface area contributed by atoms with Gasteiger partial charge in [0.2, 0.25) is 17.7 Å². The average molecular weight is 436 g/mol. The molecule has 0 fully saturated rings. The van der Waals surface area contributed by atoms with Crippen LogP contribution in [0.1, 0.15) is 22.3 Å². The molecular formula is C17H20N6O6S. The predicted molar refractivity (Wildman–Crippen MR) is 104 cm³/mol. The number of nitrogens with zero attached hydrogens (tertiary/aromatic N) is 2. The molecule has 1 aromatic rings. The van der Waals surface area contributed by atoms with Crippen molar-refractivity contribution in [2.75, 3.05) is 32.4 Å². The number of rotatable bonds is 11. The van der Waals surface area contributed by atoms with E-state index in [0.29, 0.717) is 5.03 Å². The first-order chi connectivity index (χ1) is 14.3. The number of carbonyl (C=O) groups excluding carboxylic acids is 4. The molecule has 0 saturated carbocycles. The SMILES string of the molecule is CSc1ncc(C(=O)NCCC(=O)NCC(=O)NCC(=O)NCC(=O)O)cc1C#N. The van der Waals surface area contributed by atoms with Crippen molar-refractivity contribution in [2.24, 2.45) is 0 Å². The summed E-state index contributed by atoms with van der Waals surface area (Å²) in [7, 11) is 0. The molecule has 1 aromatic heterocycles. The number of carboxylic acid groups (broad SMARTS) is 1. The van der Waals surface area contributed by atoms with Gasteiger partial charge in [-0.2, -0.15) is 5.26 Å². The average Bonchev–Trinajstić information content (AvgIpc) is 2.73. The highest BCUT2D eigenvalue weighted by Crippen LogP contribution is 2.17. The first kappa shape index (κ1) is 24.4. The number of nitriles is 1. The number of aromatic nitrogens is 1. The maximum Gasteiger partial charge on any atom is 0.322 e. The Morgan fingerprint density at radius 3 is 2.20 bits per heavy atom. The van der Waals surface area contributed by atoms with Gasteiger partial charge in [0.15, 0.2) is 0 Å². The molecule has 12 nitrogen and oxygen atoms in total. The number of nitrogens with one attached hydrogen (secondary N) is 4. The number of pyridine rings is 1. The number of amides is 4. The van der Waals surface area contributed by atoms with Crippen LogP contribution in [0.25, 0.3) is 0 Å². The van der Waals surface area contributed by atoms with Crippen molar-refractivity contribution in [2.45, 2.75) is 11.4 Å². The summed E-state index contributed by atoms with van der Waals surface area (Å²) in [4.78, 5) is 60.9.